The third-order valence-corrected chi connectivity index (χ3v) is 5.46. The van der Waals surface area contributed by atoms with Crippen LogP contribution in [0.3, 0.4) is 0 Å². The van der Waals surface area contributed by atoms with Crippen LogP contribution >= 0.6 is 0 Å². The molecule has 2 atom stereocenters. The van der Waals surface area contributed by atoms with Crippen LogP contribution in [0.2, 0.25) is 0 Å². The molecule has 1 aromatic heterocycles. The van der Waals surface area contributed by atoms with Crippen LogP contribution in [-0.2, 0) is 16.1 Å². The van der Waals surface area contributed by atoms with Crippen LogP contribution in [0.1, 0.15) is 43.0 Å². The first-order chi connectivity index (χ1) is 14.5. The van der Waals surface area contributed by atoms with E-state index in [4.69, 9.17) is 0 Å². The van der Waals surface area contributed by atoms with E-state index >= 15 is 0 Å². The summed E-state index contributed by atoms with van der Waals surface area (Å²) in [4.78, 5) is 36.3. The average Bonchev–Trinajstić information content (AvgIpc) is 2.74. The molecule has 3 rings (SSSR count). The van der Waals surface area contributed by atoms with E-state index in [0.29, 0.717) is 42.6 Å². The Bertz CT molecular complexity index is 885. The van der Waals surface area contributed by atoms with Gasteiger partial charge in [0, 0.05) is 31.1 Å². The number of hydrogen-bond donors (Lipinski definition) is 3. The highest BCUT2D eigenvalue weighted by Crippen LogP contribution is 2.27. The summed E-state index contributed by atoms with van der Waals surface area (Å²) in [6.45, 7) is 2.82. The van der Waals surface area contributed by atoms with Gasteiger partial charge in [-0.15, -0.1) is 0 Å². The SMILES string of the molecule is CC(CNNC(=O)c1ccc[n+](CC(=O)Nc2ccccc2)c1)C1CCCC(=O)C1. The van der Waals surface area contributed by atoms with E-state index in [2.05, 4.69) is 23.1 Å². The largest absolute Gasteiger partial charge is 0.321 e. The first kappa shape index (κ1) is 21.6. The van der Waals surface area contributed by atoms with Crippen LogP contribution in [0.5, 0.6) is 0 Å². The third-order valence-electron chi connectivity index (χ3n) is 5.46. The lowest BCUT2D eigenvalue weighted by molar-refractivity contribution is -0.684. The van der Waals surface area contributed by atoms with Gasteiger partial charge in [0.05, 0.1) is 0 Å². The molecule has 1 fully saturated rings. The molecular weight excluding hydrogens is 380 g/mol. The number of benzene rings is 1. The topological polar surface area (TPSA) is 91.2 Å². The maximum atomic E-state index is 12.4. The Morgan fingerprint density at radius 2 is 1.97 bits per heavy atom. The number of Topliss-reactive ketones (excluding diaryl/α,β-unsaturated/α-hetero) is 1. The van der Waals surface area contributed by atoms with Crippen molar-refractivity contribution < 1.29 is 19.0 Å². The lowest BCUT2D eigenvalue weighted by Crippen LogP contribution is -2.44. The van der Waals surface area contributed by atoms with Gasteiger partial charge in [-0.1, -0.05) is 25.1 Å². The lowest BCUT2D eigenvalue weighted by Gasteiger charge is -2.27. The van der Waals surface area contributed by atoms with Gasteiger partial charge in [0.15, 0.2) is 12.4 Å². The molecule has 1 aliphatic rings. The van der Waals surface area contributed by atoms with Crippen LogP contribution in [-0.4, -0.2) is 24.1 Å². The van der Waals surface area contributed by atoms with E-state index < -0.39 is 0 Å². The van der Waals surface area contributed by atoms with Crippen molar-refractivity contribution in [2.24, 2.45) is 11.8 Å². The zero-order chi connectivity index (χ0) is 21.3. The van der Waals surface area contributed by atoms with Crippen molar-refractivity contribution in [3.8, 4) is 0 Å². The number of carbonyl (C=O) groups excluding carboxylic acids is 3. The maximum Gasteiger partial charge on any atom is 0.290 e. The summed E-state index contributed by atoms with van der Waals surface area (Å²) in [6, 6.07) is 12.7. The lowest BCUT2D eigenvalue weighted by atomic mass is 9.80. The molecule has 2 amide bonds. The molecule has 1 aliphatic carbocycles. The van der Waals surface area contributed by atoms with Gasteiger partial charge in [0.25, 0.3) is 11.8 Å². The predicted octanol–water partition coefficient (Wildman–Crippen LogP) is 2.24. The molecule has 2 unspecified atom stereocenters. The summed E-state index contributed by atoms with van der Waals surface area (Å²) < 4.78 is 1.67. The van der Waals surface area contributed by atoms with Gasteiger partial charge in [-0.3, -0.25) is 19.8 Å². The van der Waals surface area contributed by atoms with Crippen molar-refractivity contribution >= 4 is 23.3 Å². The molecule has 0 saturated heterocycles. The molecule has 1 heterocycles. The van der Waals surface area contributed by atoms with E-state index in [0.717, 1.165) is 18.5 Å². The average molecular weight is 410 g/mol. The van der Waals surface area contributed by atoms with Crippen molar-refractivity contribution in [2.75, 3.05) is 11.9 Å². The predicted molar refractivity (Wildman–Crippen MR) is 113 cm³/mol. The minimum absolute atomic E-state index is 0.107. The molecule has 0 bridgehead atoms. The molecule has 0 radical (unpaired) electrons. The molecule has 1 saturated carbocycles. The second-order valence-electron chi connectivity index (χ2n) is 7.89. The number of hydrogen-bond acceptors (Lipinski definition) is 4. The Kier molecular flexibility index (Phi) is 7.68. The summed E-state index contributed by atoms with van der Waals surface area (Å²) in [5, 5.41) is 2.82. The van der Waals surface area contributed by atoms with Crippen molar-refractivity contribution in [1.82, 2.24) is 10.9 Å². The Hall–Kier alpha value is -3.06. The number of carbonyl (C=O) groups is 3. The molecule has 3 N–H and O–H groups in total. The zero-order valence-electron chi connectivity index (χ0n) is 17.3. The molecule has 30 heavy (non-hydrogen) atoms. The van der Waals surface area contributed by atoms with Crippen LogP contribution in [0.4, 0.5) is 5.69 Å². The first-order valence-electron chi connectivity index (χ1n) is 10.4. The quantitative estimate of drug-likeness (QED) is 0.461. The van der Waals surface area contributed by atoms with Gasteiger partial charge in [-0.05, 0) is 42.9 Å². The van der Waals surface area contributed by atoms with E-state index in [1.807, 2.05) is 30.3 Å². The van der Waals surface area contributed by atoms with Crippen molar-refractivity contribution in [1.29, 1.82) is 0 Å². The van der Waals surface area contributed by atoms with E-state index in [9.17, 15) is 14.4 Å². The monoisotopic (exact) mass is 409 g/mol. The number of amides is 2. The molecular formula is C23H29N4O3+. The van der Waals surface area contributed by atoms with Gasteiger partial charge in [-0.25, -0.2) is 5.43 Å². The van der Waals surface area contributed by atoms with Crippen molar-refractivity contribution in [3.05, 3.63) is 60.4 Å². The molecule has 7 heteroatoms. The fraction of sp³-hybridized carbons (Fsp3) is 0.391. The molecule has 2 aromatic rings. The van der Waals surface area contributed by atoms with E-state index in [1.54, 1.807) is 29.1 Å². The van der Waals surface area contributed by atoms with Gasteiger partial charge in [-0.2, -0.15) is 4.57 Å². The molecule has 7 nitrogen and oxygen atoms in total. The van der Waals surface area contributed by atoms with Gasteiger partial charge < -0.3 is 5.32 Å². The van der Waals surface area contributed by atoms with Gasteiger partial charge in [0.1, 0.15) is 11.3 Å². The summed E-state index contributed by atoms with van der Waals surface area (Å²) in [5.74, 6) is 0.583. The van der Waals surface area contributed by atoms with Crippen LogP contribution < -0.4 is 20.7 Å². The number of nitrogens with one attached hydrogen (secondary N) is 3. The van der Waals surface area contributed by atoms with Crippen LogP contribution in [0.15, 0.2) is 54.9 Å². The number of hydrazine groups is 1. The standard InChI is InChI=1S/C23H28N4O3/c1-17(18-7-5-11-21(28)13-18)14-24-26-23(30)19-8-6-12-27(15-19)16-22(29)25-20-9-3-2-4-10-20/h2-4,6,8-10,12,15,17-18,24H,5,7,11,13-14,16H2,1H3,(H-,25,26,29,30)/p+1. The molecule has 158 valence electrons. The van der Waals surface area contributed by atoms with Gasteiger partial charge >= 0.3 is 0 Å². The fourth-order valence-electron chi connectivity index (χ4n) is 3.72. The van der Waals surface area contributed by atoms with Crippen molar-refractivity contribution in [2.45, 2.75) is 39.2 Å². The Morgan fingerprint density at radius 3 is 2.73 bits per heavy atom. The first-order valence-corrected chi connectivity index (χ1v) is 10.4. The Morgan fingerprint density at radius 1 is 1.17 bits per heavy atom. The van der Waals surface area contributed by atoms with E-state index in [1.165, 1.54) is 0 Å². The van der Waals surface area contributed by atoms with Gasteiger partial charge in [0.2, 0.25) is 6.54 Å². The molecule has 1 aromatic carbocycles. The number of nitrogens with zero attached hydrogens (tertiary/aromatic N) is 1. The number of anilines is 1. The van der Waals surface area contributed by atoms with E-state index in [-0.39, 0.29) is 18.4 Å². The molecule has 0 aliphatic heterocycles. The summed E-state index contributed by atoms with van der Waals surface area (Å²) in [5.41, 5.74) is 6.89. The summed E-state index contributed by atoms with van der Waals surface area (Å²) in [7, 11) is 0. The van der Waals surface area contributed by atoms with Crippen LogP contribution in [0.25, 0.3) is 0 Å². The summed E-state index contributed by atoms with van der Waals surface area (Å²) in [6.07, 6.45) is 6.75. The molecule has 0 spiro atoms. The highest BCUT2D eigenvalue weighted by atomic mass is 16.2. The van der Waals surface area contributed by atoms with Crippen LogP contribution in [0, 0.1) is 11.8 Å². The number of pyridine rings is 1. The smallest absolute Gasteiger partial charge is 0.290 e. The number of rotatable bonds is 8. The normalized spacial score (nSPS) is 17.2. The zero-order valence-corrected chi connectivity index (χ0v) is 17.3. The summed E-state index contributed by atoms with van der Waals surface area (Å²) >= 11 is 0. The second kappa shape index (κ2) is 10.6. The Balaban J connectivity index is 1.47. The van der Waals surface area contributed by atoms with Crippen molar-refractivity contribution in [3.63, 3.8) is 0 Å². The fourth-order valence-corrected chi connectivity index (χ4v) is 3.72. The maximum absolute atomic E-state index is 12.4. The highest BCUT2D eigenvalue weighted by Gasteiger charge is 2.24. The highest BCUT2D eigenvalue weighted by molar-refractivity contribution is 5.93. The minimum atomic E-state index is -0.264. The number of ketones is 1. The third kappa shape index (κ3) is 6.49. The number of para-hydroxylation sites is 1. The number of aromatic nitrogens is 1. The second-order valence-corrected chi connectivity index (χ2v) is 7.89. The Labute approximate surface area is 176 Å². The minimum Gasteiger partial charge on any atom is -0.321 e.